The molecular formula is C16H26N2O2. The van der Waals surface area contributed by atoms with Gasteiger partial charge in [-0.15, -0.1) is 0 Å². The number of nitrogens with one attached hydrogen (secondary N) is 1. The van der Waals surface area contributed by atoms with Crippen LogP contribution in [0.5, 0.6) is 5.75 Å². The summed E-state index contributed by atoms with van der Waals surface area (Å²) < 4.78 is 5.63. The molecule has 1 amide bonds. The Kier molecular flexibility index (Phi) is 7.73. The predicted molar refractivity (Wildman–Crippen MR) is 81.8 cm³/mol. The fourth-order valence-electron chi connectivity index (χ4n) is 1.71. The Morgan fingerprint density at radius 3 is 2.60 bits per heavy atom. The fraction of sp³-hybridized carbons (Fsp3) is 0.562. The second-order valence-corrected chi connectivity index (χ2v) is 5.34. The van der Waals surface area contributed by atoms with Crippen LogP contribution in [0, 0.1) is 5.92 Å². The quantitative estimate of drug-likeness (QED) is 0.727. The van der Waals surface area contributed by atoms with Crippen LogP contribution in [0.2, 0.25) is 0 Å². The van der Waals surface area contributed by atoms with Crippen molar-refractivity contribution < 1.29 is 9.53 Å². The van der Waals surface area contributed by atoms with E-state index in [1.807, 2.05) is 24.3 Å². The number of rotatable bonds is 9. The first-order chi connectivity index (χ1) is 9.61. The lowest BCUT2D eigenvalue weighted by molar-refractivity contribution is -0.121. The minimum absolute atomic E-state index is 0.0762. The van der Waals surface area contributed by atoms with Crippen molar-refractivity contribution in [2.24, 2.45) is 11.7 Å². The summed E-state index contributed by atoms with van der Waals surface area (Å²) >= 11 is 0. The van der Waals surface area contributed by atoms with E-state index in [0.29, 0.717) is 25.4 Å². The lowest BCUT2D eigenvalue weighted by atomic mass is 10.1. The average Bonchev–Trinajstić information content (AvgIpc) is 2.44. The molecule has 0 radical (unpaired) electrons. The molecule has 4 heteroatoms. The first-order valence-electron chi connectivity index (χ1n) is 7.30. The van der Waals surface area contributed by atoms with Crippen LogP contribution in [0.4, 0.5) is 0 Å². The number of carbonyl (C=O) groups excluding carboxylic acids is 1. The molecule has 0 aromatic heterocycles. The Bertz CT molecular complexity index is 388. The van der Waals surface area contributed by atoms with Gasteiger partial charge in [-0.25, -0.2) is 0 Å². The monoisotopic (exact) mass is 278 g/mol. The van der Waals surface area contributed by atoms with Crippen LogP contribution in [0.1, 0.15) is 32.3 Å². The molecule has 20 heavy (non-hydrogen) atoms. The zero-order valence-electron chi connectivity index (χ0n) is 12.5. The van der Waals surface area contributed by atoms with Gasteiger partial charge in [0.05, 0.1) is 6.61 Å². The van der Waals surface area contributed by atoms with Crippen molar-refractivity contribution in [3.05, 3.63) is 29.8 Å². The van der Waals surface area contributed by atoms with Crippen molar-refractivity contribution >= 4 is 5.91 Å². The van der Waals surface area contributed by atoms with Gasteiger partial charge in [0.15, 0.2) is 0 Å². The molecule has 0 fully saturated rings. The number of benzene rings is 1. The molecule has 3 N–H and O–H groups in total. The Labute approximate surface area is 121 Å². The minimum Gasteiger partial charge on any atom is -0.493 e. The standard InChI is InChI=1S/C16H26N2O2/c1-13(2)12-20-15-7-5-14(6-8-15)9-11-18-16(19)4-3-10-17/h5-8,13H,3-4,9-12,17H2,1-2H3,(H,18,19). The van der Waals surface area contributed by atoms with Gasteiger partial charge in [0.2, 0.25) is 5.91 Å². The van der Waals surface area contributed by atoms with Gasteiger partial charge in [-0.1, -0.05) is 26.0 Å². The molecule has 0 spiro atoms. The molecule has 1 rings (SSSR count). The average molecular weight is 278 g/mol. The van der Waals surface area contributed by atoms with E-state index in [9.17, 15) is 4.79 Å². The van der Waals surface area contributed by atoms with E-state index >= 15 is 0 Å². The van der Waals surface area contributed by atoms with Gasteiger partial charge in [0.25, 0.3) is 0 Å². The third kappa shape index (κ3) is 7.14. The highest BCUT2D eigenvalue weighted by Crippen LogP contribution is 2.13. The van der Waals surface area contributed by atoms with Crippen LogP contribution in [-0.2, 0) is 11.2 Å². The Morgan fingerprint density at radius 1 is 1.30 bits per heavy atom. The summed E-state index contributed by atoms with van der Waals surface area (Å²) in [7, 11) is 0. The van der Waals surface area contributed by atoms with Crippen molar-refractivity contribution in [2.45, 2.75) is 33.1 Å². The van der Waals surface area contributed by atoms with Gasteiger partial charge in [-0.2, -0.15) is 0 Å². The molecule has 112 valence electrons. The van der Waals surface area contributed by atoms with Crippen molar-refractivity contribution in [3.8, 4) is 5.75 Å². The van der Waals surface area contributed by atoms with Crippen LogP contribution in [-0.4, -0.2) is 25.6 Å². The second-order valence-electron chi connectivity index (χ2n) is 5.34. The summed E-state index contributed by atoms with van der Waals surface area (Å²) in [6.45, 7) is 6.21. The highest BCUT2D eigenvalue weighted by Gasteiger charge is 2.01. The van der Waals surface area contributed by atoms with E-state index < -0.39 is 0 Å². The summed E-state index contributed by atoms with van der Waals surface area (Å²) in [5.74, 6) is 1.50. The fourth-order valence-corrected chi connectivity index (χ4v) is 1.71. The number of carbonyl (C=O) groups is 1. The Morgan fingerprint density at radius 2 is 2.00 bits per heavy atom. The van der Waals surface area contributed by atoms with E-state index in [4.69, 9.17) is 10.5 Å². The molecule has 1 aromatic carbocycles. The summed E-state index contributed by atoms with van der Waals surface area (Å²) in [6.07, 6.45) is 2.09. The lowest BCUT2D eigenvalue weighted by Gasteiger charge is -2.09. The first kappa shape index (κ1) is 16.5. The molecule has 0 bridgehead atoms. The van der Waals surface area contributed by atoms with Gasteiger partial charge >= 0.3 is 0 Å². The number of hydrogen-bond acceptors (Lipinski definition) is 3. The molecule has 0 aliphatic carbocycles. The van der Waals surface area contributed by atoms with Crippen LogP contribution < -0.4 is 15.8 Å². The maximum Gasteiger partial charge on any atom is 0.220 e. The molecular weight excluding hydrogens is 252 g/mol. The van der Waals surface area contributed by atoms with Gasteiger partial charge in [0.1, 0.15) is 5.75 Å². The van der Waals surface area contributed by atoms with E-state index in [2.05, 4.69) is 19.2 Å². The Balaban J connectivity index is 2.26. The van der Waals surface area contributed by atoms with Crippen LogP contribution >= 0.6 is 0 Å². The smallest absolute Gasteiger partial charge is 0.220 e. The predicted octanol–water partition coefficient (Wildman–Crippen LogP) is 2.12. The topological polar surface area (TPSA) is 64.3 Å². The zero-order chi connectivity index (χ0) is 14.8. The Hall–Kier alpha value is -1.55. The van der Waals surface area contributed by atoms with Crippen molar-refractivity contribution in [1.82, 2.24) is 5.32 Å². The lowest BCUT2D eigenvalue weighted by Crippen LogP contribution is -2.25. The van der Waals surface area contributed by atoms with E-state index in [1.54, 1.807) is 0 Å². The molecule has 0 saturated heterocycles. The summed E-state index contributed by atoms with van der Waals surface area (Å²) in [5, 5.41) is 2.89. The first-order valence-corrected chi connectivity index (χ1v) is 7.30. The number of amides is 1. The second kappa shape index (κ2) is 9.37. The van der Waals surface area contributed by atoms with Crippen LogP contribution in [0.15, 0.2) is 24.3 Å². The minimum atomic E-state index is 0.0762. The van der Waals surface area contributed by atoms with E-state index in [0.717, 1.165) is 25.2 Å². The highest BCUT2D eigenvalue weighted by atomic mass is 16.5. The third-order valence-electron chi connectivity index (χ3n) is 2.85. The summed E-state index contributed by atoms with van der Waals surface area (Å²) in [5.41, 5.74) is 6.56. The van der Waals surface area contributed by atoms with Gasteiger partial charge in [-0.05, 0) is 43.0 Å². The summed E-state index contributed by atoms with van der Waals surface area (Å²) in [6, 6.07) is 8.05. The SMILES string of the molecule is CC(C)COc1ccc(CCNC(=O)CCCN)cc1. The third-order valence-corrected chi connectivity index (χ3v) is 2.85. The molecule has 4 nitrogen and oxygen atoms in total. The van der Waals surface area contributed by atoms with Gasteiger partial charge in [0, 0.05) is 13.0 Å². The molecule has 1 aromatic rings. The number of nitrogens with two attached hydrogens (primary N) is 1. The van der Waals surface area contributed by atoms with Crippen LogP contribution in [0.3, 0.4) is 0 Å². The van der Waals surface area contributed by atoms with Gasteiger partial charge in [-0.3, -0.25) is 4.79 Å². The van der Waals surface area contributed by atoms with Gasteiger partial charge < -0.3 is 15.8 Å². The number of hydrogen-bond donors (Lipinski definition) is 2. The van der Waals surface area contributed by atoms with E-state index in [-0.39, 0.29) is 5.91 Å². The van der Waals surface area contributed by atoms with Crippen molar-refractivity contribution in [1.29, 1.82) is 0 Å². The zero-order valence-corrected chi connectivity index (χ0v) is 12.5. The molecule has 0 atom stereocenters. The molecule has 0 aliphatic heterocycles. The number of ether oxygens (including phenoxy) is 1. The molecule has 0 heterocycles. The summed E-state index contributed by atoms with van der Waals surface area (Å²) in [4.78, 5) is 11.4. The normalized spacial score (nSPS) is 10.6. The largest absolute Gasteiger partial charge is 0.493 e. The molecule has 0 aliphatic rings. The van der Waals surface area contributed by atoms with Crippen molar-refractivity contribution in [2.75, 3.05) is 19.7 Å². The van der Waals surface area contributed by atoms with E-state index in [1.165, 1.54) is 5.56 Å². The van der Waals surface area contributed by atoms with Crippen molar-refractivity contribution in [3.63, 3.8) is 0 Å². The van der Waals surface area contributed by atoms with Crippen LogP contribution in [0.25, 0.3) is 0 Å². The maximum absolute atomic E-state index is 11.4. The maximum atomic E-state index is 11.4. The highest BCUT2D eigenvalue weighted by molar-refractivity contribution is 5.75. The molecule has 0 unspecified atom stereocenters. The molecule has 0 saturated carbocycles.